The van der Waals surface area contributed by atoms with Gasteiger partial charge < -0.3 is 14.9 Å². The minimum absolute atomic E-state index is 0.00231. The van der Waals surface area contributed by atoms with Crippen LogP contribution in [0.4, 0.5) is 11.8 Å². The highest BCUT2D eigenvalue weighted by Crippen LogP contribution is 2.35. The van der Waals surface area contributed by atoms with E-state index in [9.17, 15) is 9.90 Å². The molecule has 1 N–H and O–H groups in total. The Labute approximate surface area is 146 Å². The van der Waals surface area contributed by atoms with Crippen molar-refractivity contribution in [2.75, 3.05) is 37.0 Å². The molecule has 2 atom stereocenters. The summed E-state index contributed by atoms with van der Waals surface area (Å²) < 4.78 is 1.64. The van der Waals surface area contributed by atoms with Crippen molar-refractivity contribution < 1.29 is 9.90 Å². The fourth-order valence-electron chi connectivity index (χ4n) is 3.37. The van der Waals surface area contributed by atoms with Crippen LogP contribution in [0, 0.1) is 12.8 Å². The van der Waals surface area contributed by atoms with Crippen LogP contribution < -0.4 is 9.80 Å². The molecule has 0 aliphatic carbocycles. The topological polar surface area (TPSA) is 100 Å². The lowest BCUT2D eigenvalue weighted by Gasteiger charge is -2.20. The van der Waals surface area contributed by atoms with Crippen molar-refractivity contribution in [3.8, 4) is 0 Å². The van der Waals surface area contributed by atoms with Gasteiger partial charge in [-0.05, 0) is 12.8 Å². The zero-order valence-corrected chi connectivity index (χ0v) is 14.9. The lowest BCUT2D eigenvalue weighted by molar-refractivity contribution is -0.138. The van der Waals surface area contributed by atoms with Gasteiger partial charge in [-0.1, -0.05) is 5.21 Å². The molecule has 1 aliphatic heterocycles. The SMILES string of the molecule is Cc1cnc(N2CC(CC(=O)O)C(c3cn(C)nn3)C2)nc1N(C)C. The minimum Gasteiger partial charge on any atom is -0.481 e. The van der Waals surface area contributed by atoms with Crippen LogP contribution in [0.25, 0.3) is 0 Å². The van der Waals surface area contributed by atoms with E-state index in [0.717, 1.165) is 17.1 Å². The first kappa shape index (κ1) is 17.1. The second kappa shape index (κ2) is 6.66. The van der Waals surface area contributed by atoms with Gasteiger partial charge in [0.2, 0.25) is 5.95 Å². The number of carboxylic acids is 1. The fraction of sp³-hybridized carbons (Fsp3) is 0.562. The average molecular weight is 345 g/mol. The Morgan fingerprint density at radius 3 is 2.76 bits per heavy atom. The molecule has 134 valence electrons. The van der Waals surface area contributed by atoms with Gasteiger partial charge in [-0.3, -0.25) is 9.48 Å². The predicted octanol–water partition coefficient (Wildman–Crippen LogP) is 0.674. The standard InChI is InChI=1S/C16H23N7O2/c1-10-6-17-16(18-15(10)21(2)3)23-7-11(5-14(24)25)12(8-23)13-9-22(4)20-19-13/h6,9,11-12H,5,7-8H2,1-4H3,(H,24,25). The Morgan fingerprint density at radius 1 is 1.40 bits per heavy atom. The number of aromatic nitrogens is 5. The molecule has 2 unspecified atom stereocenters. The van der Waals surface area contributed by atoms with Gasteiger partial charge in [0.25, 0.3) is 0 Å². The van der Waals surface area contributed by atoms with E-state index in [1.807, 2.05) is 44.1 Å². The maximum Gasteiger partial charge on any atom is 0.303 e. The van der Waals surface area contributed by atoms with Crippen LogP contribution in [0.15, 0.2) is 12.4 Å². The monoisotopic (exact) mass is 345 g/mol. The van der Waals surface area contributed by atoms with E-state index in [2.05, 4.69) is 20.3 Å². The Bertz CT molecular complexity index is 774. The van der Waals surface area contributed by atoms with Crippen molar-refractivity contribution in [2.45, 2.75) is 19.3 Å². The van der Waals surface area contributed by atoms with Gasteiger partial charge in [-0.15, -0.1) is 5.10 Å². The minimum atomic E-state index is -0.806. The van der Waals surface area contributed by atoms with Crippen LogP contribution in [0.3, 0.4) is 0 Å². The molecule has 1 saturated heterocycles. The van der Waals surface area contributed by atoms with Crippen molar-refractivity contribution in [1.82, 2.24) is 25.0 Å². The molecule has 1 aliphatic rings. The third kappa shape index (κ3) is 3.54. The Hall–Kier alpha value is -2.71. The molecule has 0 amide bonds. The fourth-order valence-corrected chi connectivity index (χ4v) is 3.37. The van der Waals surface area contributed by atoms with Gasteiger partial charge in [0, 0.05) is 58.1 Å². The summed E-state index contributed by atoms with van der Waals surface area (Å²) in [6.45, 7) is 3.19. The summed E-state index contributed by atoms with van der Waals surface area (Å²) in [6.07, 6.45) is 3.74. The van der Waals surface area contributed by atoms with Crippen LogP contribution in [-0.2, 0) is 11.8 Å². The van der Waals surface area contributed by atoms with Crippen LogP contribution in [-0.4, -0.2) is 63.2 Å². The van der Waals surface area contributed by atoms with Crippen molar-refractivity contribution in [3.63, 3.8) is 0 Å². The van der Waals surface area contributed by atoms with E-state index >= 15 is 0 Å². The molecule has 3 rings (SSSR count). The first-order valence-corrected chi connectivity index (χ1v) is 8.19. The lowest BCUT2D eigenvalue weighted by atomic mass is 9.91. The van der Waals surface area contributed by atoms with Crippen LogP contribution in [0.2, 0.25) is 0 Å². The van der Waals surface area contributed by atoms with Gasteiger partial charge in [0.15, 0.2) is 0 Å². The van der Waals surface area contributed by atoms with E-state index < -0.39 is 5.97 Å². The molecule has 0 saturated carbocycles. The Balaban J connectivity index is 1.88. The molecule has 25 heavy (non-hydrogen) atoms. The molecule has 0 aromatic carbocycles. The van der Waals surface area contributed by atoms with Gasteiger partial charge in [0.1, 0.15) is 5.82 Å². The second-order valence-corrected chi connectivity index (χ2v) is 6.76. The van der Waals surface area contributed by atoms with Gasteiger partial charge in [-0.25, -0.2) is 4.98 Å². The summed E-state index contributed by atoms with van der Waals surface area (Å²) in [6, 6.07) is 0. The highest BCUT2D eigenvalue weighted by Gasteiger charge is 2.38. The number of aryl methyl sites for hydroxylation is 2. The zero-order valence-electron chi connectivity index (χ0n) is 14.9. The number of carbonyl (C=O) groups is 1. The van der Waals surface area contributed by atoms with E-state index in [4.69, 9.17) is 0 Å². The summed E-state index contributed by atoms with van der Waals surface area (Å²) in [5.41, 5.74) is 1.82. The van der Waals surface area contributed by atoms with Crippen molar-refractivity contribution in [2.24, 2.45) is 13.0 Å². The summed E-state index contributed by atoms with van der Waals surface area (Å²) in [5, 5.41) is 17.4. The van der Waals surface area contributed by atoms with Gasteiger partial charge in [0.05, 0.1) is 12.1 Å². The third-order valence-electron chi connectivity index (χ3n) is 4.52. The van der Waals surface area contributed by atoms with E-state index in [-0.39, 0.29) is 18.3 Å². The normalized spacial score (nSPS) is 20.1. The van der Waals surface area contributed by atoms with Gasteiger partial charge >= 0.3 is 5.97 Å². The third-order valence-corrected chi connectivity index (χ3v) is 4.52. The molecule has 0 bridgehead atoms. The molecule has 9 heteroatoms. The van der Waals surface area contributed by atoms with Crippen LogP contribution in [0.5, 0.6) is 0 Å². The van der Waals surface area contributed by atoms with Gasteiger partial charge in [-0.2, -0.15) is 4.98 Å². The van der Waals surface area contributed by atoms with E-state index in [1.165, 1.54) is 0 Å². The molecule has 1 fully saturated rings. The maximum atomic E-state index is 11.3. The zero-order chi connectivity index (χ0) is 18.1. The molecule has 0 spiro atoms. The number of aliphatic carboxylic acids is 1. The summed E-state index contributed by atoms with van der Waals surface area (Å²) >= 11 is 0. The molecule has 2 aromatic rings. The number of anilines is 2. The molecule has 2 aromatic heterocycles. The Morgan fingerprint density at radius 2 is 2.16 bits per heavy atom. The number of hydrogen-bond donors (Lipinski definition) is 1. The average Bonchev–Trinajstić information content (AvgIpc) is 3.13. The molecular weight excluding hydrogens is 322 g/mol. The largest absolute Gasteiger partial charge is 0.481 e. The lowest BCUT2D eigenvalue weighted by Crippen LogP contribution is -2.24. The van der Waals surface area contributed by atoms with Crippen LogP contribution in [0.1, 0.15) is 23.6 Å². The predicted molar refractivity (Wildman–Crippen MR) is 92.8 cm³/mol. The van der Waals surface area contributed by atoms with Crippen LogP contribution >= 0.6 is 0 Å². The first-order valence-electron chi connectivity index (χ1n) is 8.19. The van der Waals surface area contributed by atoms with Crippen molar-refractivity contribution >= 4 is 17.7 Å². The molecule has 0 radical (unpaired) electrons. The number of carboxylic acid groups (broad SMARTS) is 1. The number of rotatable bonds is 5. The summed E-state index contributed by atoms with van der Waals surface area (Å²) in [7, 11) is 5.69. The van der Waals surface area contributed by atoms with Crippen molar-refractivity contribution in [3.05, 3.63) is 23.7 Å². The molecule has 3 heterocycles. The summed E-state index contributed by atoms with van der Waals surface area (Å²) in [4.78, 5) is 24.4. The molecular formula is C16H23N7O2. The van der Waals surface area contributed by atoms with Crippen molar-refractivity contribution in [1.29, 1.82) is 0 Å². The first-order chi connectivity index (χ1) is 11.8. The quantitative estimate of drug-likeness (QED) is 0.844. The highest BCUT2D eigenvalue weighted by atomic mass is 16.4. The Kier molecular flexibility index (Phi) is 4.56. The molecule has 9 nitrogen and oxygen atoms in total. The maximum absolute atomic E-state index is 11.3. The smallest absolute Gasteiger partial charge is 0.303 e. The highest BCUT2D eigenvalue weighted by molar-refractivity contribution is 5.67. The number of nitrogens with zero attached hydrogens (tertiary/aromatic N) is 7. The summed E-state index contributed by atoms with van der Waals surface area (Å²) in [5.74, 6) is 0.623. The van der Waals surface area contributed by atoms with E-state index in [1.54, 1.807) is 10.9 Å². The van der Waals surface area contributed by atoms with E-state index in [0.29, 0.717) is 19.0 Å². The second-order valence-electron chi connectivity index (χ2n) is 6.76. The number of hydrogen-bond acceptors (Lipinski definition) is 7.